The lowest BCUT2D eigenvalue weighted by atomic mass is 10.1. The quantitative estimate of drug-likeness (QED) is 0.877. The van der Waals surface area contributed by atoms with Gasteiger partial charge in [0.15, 0.2) is 0 Å². The Kier molecular flexibility index (Phi) is 5.36. The van der Waals surface area contributed by atoms with Gasteiger partial charge >= 0.3 is 0 Å². The van der Waals surface area contributed by atoms with Crippen molar-refractivity contribution >= 4 is 5.91 Å². The zero-order chi connectivity index (χ0) is 16.1. The van der Waals surface area contributed by atoms with E-state index < -0.39 is 0 Å². The summed E-state index contributed by atoms with van der Waals surface area (Å²) in [6.07, 6.45) is 0.917. The first-order chi connectivity index (χ1) is 10.5. The normalized spacial score (nSPS) is 12.4. The minimum atomic E-state index is -0.0126. The Labute approximate surface area is 132 Å². The minimum Gasteiger partial charge on any atom is -0.330 e. The Bertz CT molecular complexity index is 604. The van der Waals surface area contributed by atoms with Crippen molar-refractivity contribution in [3.8, 4) is 0 Å². The second kappa shape index (κ2) is 7.25. The van der Waals surface area contributed by atoms with Gasteiger partial charge in [-0.3, -0.25) is 9.89 Å². The van der Waals surface area contributed by atoms with Crippen molar-refractivity contribution < 1.29 is 4.79 Å². The summed E-state index contributed by atoms with van der Waals surface area (Å²) < 4.78 is 0. The molecule has 1 aromatic heterocycles. The number of hydrogen-bond donors (Lipinski definition) is 1. The van der Waals surface area contributed by atoms with Crippen molar-refractivity contribution in [1.82, 2.24) is 15.1 Å². The molecule has 0 radical (unpaired) electrons. The number of hydrogen-bond acceptors (Lipinski definition) is 2. The Hall–Kier alpha value is -2.10. The summed E-state index contributed by atoms with van der Waals surface area (Å²) in [5.41, 5.74) is 2.63. The third-order valence-electron chi connectivity index (χ3n) is 4.02. The average molecular weight is 299 g/mol. The van der Waals surface area contributed by atoms with E-state index in [1.807, 2.05) is 41.3 Å². The Morgan fingerprint density at radius 1 is 1.23 bits per heavy atom. The first-order valence-electron chi connectivity index (χ1n) is 7.93. The van der Waals surface area contributed by atoms with Crippen LogP contribution in [0, 0.1) is 0 Å². The van der Waals surface area contributed by atoms with Crippen molar-refractivity contribution in [2.24, 2.45) is 0 Å². The maximum atomic E-state index is 12.8. The van der Waals surface area contributed by atoms with E-state index in [0.717, 1.165) is 17.7 Å². The fourth-order valence-electron chi connectivity index (χ4n) is 2.32. The van der Waals surface area contributed by atoms with E-state index in [4.69, 9.17) is 0 Å². The Morgan fingerprint density at radius 3 is 2.45 bits per heavy atom. The molecule has 2 rings (SSSR count). The van der Waals surface area contributed by atoms with Gasteiger partial charge < -0.3 is 4.90 Å². The smallest absolute Gasteiger partial charge is 0.274 e. The van der Waals surface area contributed by atoms with Crippen LogP contribution >= 0.6 is 0 Å². The van der Waals surface area contributed by atoms with Gasteiger partial charge in [0.25, 0.3) is 5.91 Å². The van der Waals surface area contributed by atoms with Crippen LogP contribution in [0.15, 0.2) is 36.4 Å². The maximum absolute atomic E-state index is 12.8. The second-order valence-electron chi connectivity index (χ2n) is 6.04. The topological polar surface area (TPSA) is 49.0 Å². The highest BCUT2D eigenvalue weighted by molar-refractivity contribution is 5.92. The van der Waals surface area contributed by atoms with E-state index in [1.54, 1.807) is 0 Å². The van der Waals surface area contributed by atoms with Gasteiger partial charge in [-0.15, -0.1) is 0 Å². The Morgan fingerprint density at radius 2 is 1.91 bits per heavy atom. The molecule has 0 aliphatic rings. The fourth-order valence-corrected chi connectivity index (χ4v) is 2.32. The van der Waals surface area contributed by atoms with Crippen molar-refractivity contribution in [2.75, 3.05) is 0 Å². The highest BCUT2D eigenvalue weighted by atomic mass is 16.2. The molecule has 0 saturated heterocycles. The highest BCUT2D eigenvalue weighted by Gasteiger charge is 2.23. The van der Waals surface area contributed by atoms with Gasteiger partial charge in [-0.05, 0) is 30.9 Å². The van der Waals surface area contributed by atoms with Crippen LogP contribution < -0.4 is 0 Å². The number of nitrogens with zero attached hydrogens (tertiary/aromatic N) is 2. The molecule has 0 spiro atoms. The third-order valence-corrected chi connectivity index (χ3v) is 4.02. The fraction of sp³-hybridized carbons (Fsp3) is 0.444. The zero-order valence-corrected chi connectivity index (χ0v) is 13.8. The number of aromatic amines is 1. The molecule has 1 aromatic carbocycles. The van der Waals surface area contributed by atoms with Crippen LogP contribution in [0.5, 0.6) is 0 Å². The lowest BCUT2D eigenvalue weighted by Crippen LogP contribution is -2.38. The summed E-state index contributed by atoms with van der Waals surface area (Å²) in [6, 6.07) is 12.1. The molecule has 0 aliphatic carbocycles. The summed E-state index contributed by atoms with van der Waals surface area (Å²) >= 11 is 0. The summed E-state index contributed by atoms with van der Waals surface area (Å²) in [7, 11) is 0. The first kappa shape index (κ1) is 16.3. The molecule has 2 aromatic rings. The van der Waals surface area contributed by atoms with Gasteiger partial charge in [0.1, 0.15) is 5.69 Å². The molecule has 0 saturated carbocycles. The number of amides is 1. The van der Waals surface area contributed by atoms with Crippen molar-refractivity contribution in [3.05, 3.63) is 53.3 Å². The molecule has 0 aliphatic heterocycles. The largest absolute Gasteiger partial charge is 0.330 e. The van der Waals surface area contributed by atoms with Gasteiger partial charge in [-0.1, -0.05) is 51.1 Å². The van der Waals surface area contributed by atoms with Crippen molar-refractivity contribution in [3.63, 3.8) is 0 Å². The average Bonchev–Trinajstić information content (AvgIpc) is 3.02. The predicted octanol–water partition coefficient (Wildman–Crippen LogP) is 3.97. The van der Waals surface area contributed by atoms with Crippen LogP contribution in [0.2, 0.25) is 0 Å². The summed E-state index contributed by atoms with van der Waals surface area (Å²) in [4.78, 5) is 14.7. The lowest BCUT2D eigenvalue weighted by Gasteiger charge is -2.28. The van der Waals surface area contributed by atoms with E-state index in [2.05, 4.69) is 37.9 Å². The molecule has 1 amide bonds. The van der Waals surface area contributed by atoms with Gasteiger partial charge in [-0.2, -0.15) is 5.10 Å². The molecule has 1 unspecified atom stereocenters. The van der Waals surface area contributed by atoms with Crippen LogP contribution in [0.4, 0.5) is 0 Å². The van der Waals surface area contributed by atoms with Gasteiger partial charge in [0.2, 0.25) is 0 Å². The number of H-pyrrole nitrogens is 1. The third kappa shape index (κ3) is 3.75. The molecule has 0 bridgehead atoms. The second-order valence-corrected chi connectivity index (χ2v) is 6.04. The van der Waals surface area contributed by atoms with Crippen LogP contribution in [0.3, 0.4) is 0 Å². The standard InChI is InChI=1S/C18H25N3O/c1-5-14(4)21(12-15-9-7-6-8-10-15)18(22)17-11-16(13(2)3)19-20-17/h6-11,13-14H,5,12H2,1-4H3,(H,19,20). The molecule has 22 heavy (non-hydrogen) atoms. The van der Waals surface area contributed by atoms with Crippen LogP contribution in [-0.4, -0.2) is 27.0 Å². The number of benzene rings is 1. The molecule has 1 atom stereocenters. The number of rotatable bonds is 6. The summed E-state index contributed by atoms with van der Waals surface area (Å²) in [6.45, 7) is 8.95. The molecule has 0 fully saturated rings. The molecular formula is C18H25N3O. The number of aromatic nitrogens is 2. The molecule has 1 N–H and O–H groups in total. The molecule has 4 heteroatoms. The van der Waals surface area contributed by atoms with Crippen LogP contribution in [-0.2, 0) is 6.54 Å². The zero-order valence-electron chi connectivity index (χ0n) is 13.8. The van der Waals surface area contributed by atoms with Gasteiger partial charge in [-0.25, -0.2) is 0 Å². The Balaban J connectivity index is 2.22. The lowest BCUT2D eigenvalue weighted by molar-refractivity contribution is 0.0665. The van der Waals surface area contributed by atoms with Gasteiger partial charge in [0, 0.05) is 18.3 Å². The van der Waals surface area contributed by atoms with Gasteiger partial charge in [0.05, 0.1) is 0 Å². The predicted molar refractivity (Wildman–Crippen MR) is 88.7 cm³/mol. The van der Waals surface area contributed by atoms with Crippen molar-refractivity contribution in [1.29, 1.82) is 0 Å². The SMILES string of the molecule is CCC(C)N(Cc1ccccc1)C(=O)c1cc(C(C)C)[nH]n1. The molecule has 1 heterocycles. The van der Waals surface area contributed by atoms with E-state index >= 15 is 0 Å². The minimum absolute atomic E-state index is 0.0126. The van der Waals surface area contributed by atoms with E-state index in [-0.39, 0.29) is 11.9 Å². The summed E-state index contributed by atoms with van der Waals surface area (Å²) in [5, 5.41) is 7.16. The first-order valence-corrected chi connectivity index (χ1v) is 7.93. The molecule has 4 nitrogen and oxygen atoms in total. The van der Waals surface area contributed by atoms with Crippen LogP contribution in [0.1, 0.15) is 61.8 Å². The van der Waals surface area contributed by atoms with Crippen molar-refractivity contribution in [2.45, 2.75) is 52.6 Å². The number of carbonyl (C=O) groups is 1. The summed E-state index contributed by atoms with van der Waals surface area (Å²) in [5.74, 6) is 0.321. The molecule has 118 valence electrons. The molecular weight excluding hydrogens is 274 g/mol. The van der Waals surface area contributed by atoms with E-state index in [9.17, 15) is 4.79 Å². The highest BCUT2D eigenvalue weighted by Crippen LogP contribution is 2.17. The van der Waals surface area contributed by atoms with E-state index in [0.29, 0.717) is 18.2 Å². The number of nitrogens with one attached hydrogen (secondary N) is 1. The van der Waals surface area contributed by atoms with Crippen LogP contribution in [0.25, 0.3) is 0 Å². The number of carbonyl (C=O) groups excluding carboxylic acids is 1. The van der Waals surface area contributed by atoms with E-state index in [1.165, 1.54) is 0 Å². The maximum Gasteiger partial charge on any atom is 0.274 e. The monoisotopic (exact) mass is 299 g/mol.